The van der Waals surface area contributed by atoms with Gasteiger partial charge in [0, 0.05) is 33.8 Å². The Kier molecular flexibility index (Phi) is 6.91. The molecule has 0 aliphatic carbocycles. The van der Waals surface area contributed by atoms with Crippen LogP contribution in [0.3, 0.4) is 0 Å². The Hall–Kier alpha value is -1.60. The minimum Gasteiger partial charge on any atom is -0.490 e. The van der Waals surface area contributed by atoms with Crippen molar-refractivity contribution in [2.75, 3.05) is 65.2 Å². The molecule has 19 heavy (non-hydrogen) atoms. The molecule has 0 aromatic carbocycles. The molecule has 0 amide bonds. The first-order valence-corrected chi connectivity index (χ1v) is 6.21. The lowest BCUT2D eigenvalue weighted by Crippen LogP contribution is -2.28. The lowest BCUT2D eigenvalue weighted by molar-refractivity contribution is 0.163. The van der Waals surface area contributed by atoms with Gasteiger partial charge in [0.15, 0.2) is 11.6 Å². The number of rotatable bonds is 9. The Morgan fingerprint density at radius 1 is 1.21 bits per heavy atom. The van der Waals surface area contributed by atoms with E-state index in [1.165, 1.54) is 6.33 Å². The molecule has 1 rings (SSSR count). The van der Waals surface area contributed by atoms with Crippen LogP contribution in [0.5, 0.6) is 5.75 Å². The number of aromatic nitrogens is 2. The molecule has 0 spiro atoms. The summed E-state index contributed by atoms with van der Waals surface area (Å²) in [5, 5.41) is 6.22. The predicted molar refractivity (Wildman–Crippen MR) is 76.0 cm³/mol. The zero-order chi connectivity index (χ0) is 14.1. The van der Waals surface area contributed by atoms with Crippen LogP contribution in [-0.4, -0.2) is 69.4 Å². The lowest BCUT2D eigenvalue weighted by atomic mass is 10.4. The number of nitrogens with one attached hydrogen (secondary N) is 2. The summed E-state index contributed by atoms with van der Waals surface area (Å²) in [5.74, 6) is 2.00. The van der Waals surface area contributed by atoms with E-state index >= 15 is 0 Å². The van der Waals surface area contributed by atoms with Crippen molar-refractivity contribution in [3.05, 3.63) is 6.33 Å². The quantitative estimate of drug-likeness (QED) is 0.677. The van der Waals surface area contributed by atoms with E-state index in [2.05, 4.69) is 32.5 Å². The average molecular weight is 269 g/mol. The van der Waals surface area contributed by atoms with E-state index in [0.717, 1.165) is 26.2 Å². The molecule has 0 aliphatic rings. The van der Waals surface area contributed by atoms with Crippen LogP contribution in [-0.2, 0) is 4.74 Å². The number of hydrogen-bond donors (Lipinski definition) is 2. The molecule has 1 aromatic rings. The molecule has 1 heterocycles. The van der Waals surface area contributed by atoms with Crippen LogP contribution in [0.4, 0.5) is 11.6 Å². The maximum Gasteiger partial charge on any atom is 0.204 e. The van der Waals surface area contributed by atoms with Gasteiger partial charge in [-0.3, -0.25) is 0 Å². The fourth-order valence-corrected chi connectivity index (χ4v) is 1.60. The highest BCUT2D eigenvalue weighted by Gasteiger charge is 2.10. The van der Waals surface area contributed by atoms with Crippen molar-refractivity contribution in [1.82, 2.24) is 14.9 Å². The minimum atomic E-state index is 0.629. The standard InChI is InChI=1S/C12H23N5O2/c1-13-11-10(19-4)12(16-9-15-11)14-5-6-17(2)7-8-18-3/h9H,5-8H2,1-4H3,(H2,13,14,15,16). The van der Waals surface area contributed by atoms with Gasteiger partial charge in [0.1, 0.15) is 6.33 Å². The lowest BCUT2D eigenvalue weighted by Gasteiger charge is -2.17. The van der Waals surface area contributed by atoms with E-state index in [-0.39, 0.29) is 0 Å². The van der Waals surface area contributed by atoms with Crippen molar-refractivity contribution in [3.8, 4) is 5.75 Å². The largest absolute Gasteiger partial charge is 0.490 e. The second kappa shape index (κ2) is 8.49. The van der Waals surface area contributed by atoms with Gasteiger partial charge in [0.25, 0.3) is 0 Å². The number of ether oxygens (including phenoxy) is 2. The molecule has 108 valence electrons. The highest BCUT2D eigenvalue weighted by atomic mass is 16.5. The van der Waals surface area contributed by atoms with Crippen molar-refractivity contribution >= 4 is 11.6 Å². The molecule has 7 nitrogen and oxygen atoms in total. The van der Waals surface area contributed by atoms with Gasteiger partial charge in [-0.2, -0.15) is 0 Å². The Labute approximate surface area is 114 Å². The Balaban J connectivity index is 2.49. The second-order valence-corrected chi connectivity index (χ2v) is 4.08. The number of methoxy groups -OCH3 is 2. The third-order valence-corrected chi connectivity index (χ3v) is 2.71. The van der Waals surface area contributed by atoms with Crippen molar-refractivity contribution in [1.29, 1.82) is 0 Å². The first-order chi connectivity index (χ1) is 9.22. The number of likely N-dealkylation sites (N-methyl/N-ethyl adjacent to an activating group) is 1. The topological polar surface area (TPSA) is 71.5 Å². The second-order valence-electron chi connectivity index (χ2n) is 4.08. The molecule has 0 atom stereocenters. The van der Waals surface area contributed by atoms with Gasteiger partial charge >= 0.3 is 0 Å². The summed E-state index contributed by atoms with van der Waals surface area (Å²) >= 11 is 0. The highest BCUT2D eigenvalue weighted by molar-refractivity contribution is 5.63. The number of nitrogens with zero attached hydrogens (tertiary/aromatic N) is 3. The highest BCUT2D eigenvalue weighted by Crippen LogP contribution is 2.27. The molecule has 0 bridgehead atoms. The van der Waals surface area contributed by atoms with Gasteiger partial charge in [-0.25, -0.2) is 9.97 Å². The zero-order valence-electron chi connectivity index (χ0n) is 12.1. The Morgan fingerprint density at radius 2 is 1.95 bits per heavy atom. The summed E-state index contributed by atoms with van der Waals surface area (Å²) in [6, 6.07) is 0. The first-order valence-electron chi connectivity index (χ1n) is 6.21. The van der Waals surface area contributed by atoms with E-state index in [1.807, 2.05) is 0 Å². The van der Waals surface area contributed by atoms with Crippen molar-refractivity contribution < 1.29 is 9.47 Å². The van der Waals surface area contributed by atoms with Gasteiger partial charge in [0.2, 0.25) is 5.75 Å². The van der Waals surface area contributed by atoms with E-state index in [0.29, 0.717) is 17.4 Å². The zero-order valence-corrected chi connectivity index (χ0v) is 12.1. The molecular formula is C12H23N5O2. The summed E-state index contributed by atoms with van der Waals surface area (Å²) in [4.78, 5) is 10.5. The fraction of sp³-hybridized carbons (Fsp3) is 0.667. The van der Waals surface area contributed by atoms with Crippen molar-refractivity contribution in [2.45, 2.75) is 0 Å². The van der Waals surface area contributed by atoms with E-state index in [1.54, 1.807) is 21.3 Å². The Bertz CT molecular complexity index is 375. The van der Waals surface area contributed by atoms with Crippen molar-refractivity contribution in [2.24, 2.45) is 0 Å². The summed E-state index contributed by atoms with van der Waals surface area (Å²) in [6.07, 6.45) is 1.51. The van der Waals surface area contributed by atoms with E-state index in [9.17, 15) is 0 Å². The van der Waals surface area contributed by atoms with Crippen LogP contribution >= 0.6 is 0 Å². The summed E-state index contributed by atoms with van der Waals surface area (Å²) in [6.45, 7) is 3.31. The number of anilines is 2. The normalized spacial score (nSPS) is 10.6. The smallest absolute Gasteiger partial charge is 0.204 e. The molecule has 0 saturated heterocycles. The van der Waals surface area contributed by atoms with Crippen molar-refractivity contribution in [3.63, 3.8) is 0 Å². The molecule has 2 N–H and O–H groups in total. The van der Waals surface area contributed by atoms with Gasteiger partial charge in [0.05, 0.1) is 13.7 Å². The first kappa shape index (κ1) is 15.5. The predicted octanol–water partition coefficient (Wildman–Crippen LogP) is 0.517. The molecule has 0 radical (unpaired) electrons. The van der Waals surface area contributed by atoms with Gasteiger partial charge < -0.3 is 25.0 Å². The van der Waals surface area contributed by atoms with Crippen LogP contribution < -0.4 is 15.4 Å². The maximum atomic E-state index is 5.31. The summed E-state index contributed by atoms with van der Waals surface area (Å²) < 4.78 is 10.3. The molecule has 0 fully saturated rings. The molecule has 0 saturated carbocycles. The van der Waals surface area contributed by atoms with Crippen LogP contribution in [0, 0.1) is 0 Å². The monoisotopic (exact) mass is 269 g/mol. The van der Waals surface area contributed by atoms with Crippen LogP contribution in [0.15, 0.2) is 6.33 Å². The van der Waals surface area contributed by atoms with Crippen LogP contribution in [0.25, 0.3) is 0 Å². The van der Waals surface area contributed by atoms with Gasteiger partial charge in [-0.1, -0.05) is 0 Å². The SMILES string of the molecule is CNc1ncnc(NCCN(C)CCOC)c1OC. The third-order valence-electron chi connectivity index (χ3n) is 2.71. The van der Waals surface area contributed by atoms with E-state index in [4.69, 9.17) is 9.47 Å². The fourth-order valence-electron chi connectivity index (χ4n) is 1.60. The molecular weight excluding hydrogens is 246 g/mol. The molecule has 7 heteroatoms. The number of hydrogen-bond acceptors (Lipinski definition) is 7. The Morgan fingerprint density at radius 3 is 2.58 bits per heavy atom. The maximum absolute atomic E-state index is 5.31. The third kappa shape index (κ3) is 4.88. The summed E-state index contributed by atoms with van der Waals surface area (Å²) in [7, 11) is 7.16. The van der Waals surface area contributed by atoms with Crippen LogP contribution in [0.1, 0.15) is 0 Å². The van der Waals surface area contributed by atoms with Gasteiger partial charge in [-0.05, 0) is 7.05 Å². The average Bonchev–Trinajstić information content (AvgIpc) is 2.44. The van der Waals surface area contributed by atoms with E-state index < -0.39 is 0 Å². The molecule has 1 aromatic heterocycles. The molecule has 0 unspecified atom stereocenters. The molecule has 0 aliphatic heterocycles. The minimum absolute atomic E-state index is 0.629. The summed E-state index contributed by atoms with van der Waals surface area (Å²) in [5.41, 5.74) is 0. The van der Waals surface area contributed by atoms with Gasteiger partial charge in [-0.15, -0.1) is 0 Å². The van der Waals surface area contributed by atoms with Crippen LogP contribution in [0.2, 0.25) is 0 Å².